The van der Waals surface area contributed by atoms with Crippen molar-refractivity contribution in [2.75, 3.05) is 6.61 Å². The monoisotopic (exact) mass is 206 g/mol. The lowest BCUT2D eigenvalue weighted by Gasteiger charge is -2.11. The Bertz CT molecular complexity index is 89.4. The van der Waals surface area contributed by atoms with E-state index in [-0.39, 0.29) is 13.0 Å². The van der Waals surface area contributed by atoms with Crippen LogP contribution in [0.5, 0.6) is 0 Å². The molecule has 0 fully saturated rings. The molecule has 2 nitrogen and oxygen atoms in total. The zero-order valence-electron chi connectivity index (χ0n) is 5.48. The summed E-state index contributed by atoms with van der Waals surface area (Å²) in [6.45, 7) is 1.74. The number of hydrogen-bond acceptors (Lipinski definition) is 2. The molecule has 0 saturated carbocycles. The van der Waals surface area contributed by atoms with Crippen molar-refractivity contribution in [1.29, 1.82) is 0 Å². The molecule has 10 heavy (non-hydrogen) atoms. The van der Waals surface area contributed by atoms with E-state index in [0.717, 1.165) is 0 Å². The van der Waals surface area contributed by atoms with Gasteiger partial charge in [0.2, 0.25) is 0 Å². The SMILES string of the molecule is CC(O)OCCC(Cl)(Cl)Cl. The molecule has 1 N–H and O–H groups in total. The summed E-state index contributed by atoms with van der Waals surface area (Å²) >= 11 is 16.2. The summed E-state index contributed by atoms with van der Waals surface area (Å²) in [5.74, 6) is 0. The van der Waals surface area contributed by atoms with Gasteiger partial charge in [-0.25, -0.2) is 0 Å². The third-order valence-corrected chi connectivity index (χ3v) is 1.31. The average Bonchev–Trinajstić information content (AvgIpc) is 1.59. The van der Waals surface area contributed by atoms with Crippen LogP contribution in [0.15, 0.2) is 0 Å². The third-order valence-electron chi connectivity index (χ3n) is 0.745. The Morgan fingerprint density at radius 2 is 2.00 bits per heavy atom. The van der Waals surface area contributed by atoms with Crippen LogP contribution >= 0.6 is 34.8 Å². The highest BCUT2D eigenvalue weighted by molar-refractivity contribution is 6.67. The molecule has 0 aliphatic carbocycles. The number of rotatable bonds is 3. The van der Waals surface area contributed by atoms with Gasteiger partial charge >= 0.3 is 0 Å². The molecule has 0 aromatic carbocycles. The molecule has 0 rings (SSSR count). The molecule has 1 atom stereocenters. The van der Waals surface area contributed by atoms with E-state index >= 15 is 0 Å². The molecule has 0 aromatic rings. The first kappa shape index (κ1) is 10.8. The van der Waals surface area contributed by atoms with Gasteiger partial charge < -0.3 is 9.84 Å². The van der Waals surface area contributed by atoms with Crippen LogP contribution in [0.2, 0.25) is 0 Å². The van der Waals surface area contributed by atoms with Crippen LogP contribution in [0.3, 0.4) is 0 Å². The summed E-state index contributed by atoms with van der Waals surface area (Å²) in [6, 6.07) is 0. The number of ether oxygens (including phenoxy) is 1. The van der Waals surface area contributed by atoms with Gasteiger partial charge in [0.25, 0.3) is 0 Å². The smallest absolute Gasteiger partial charge is 0.192 e. The fourth-order valence-electron chi connectivity index (χ4n) is 0.345. The zero-order valence-corrected chi connectivity index (χ0v) is 7.75. The fourth-order valence-corrected chi connectivity index (χ4v) is 0.577. The lowest BCUT2D eigenvalue weighted by Crippen LogP contribution is -2.12. The van der Waals surface area contributed by atoms with Gasteiger partial charge in [0.1, 0.15) is 0 Å². The van der Waals surface area contributed by atoms with E-state index in [1.807, 2.05) is 0 Å². The second kappa shape index (κ2) is 4.62. The predicted molar refractivity (Wildman–Crippen MR) is 42.5 cm³/mol. The largest absolute Gasteiger partial charge is 0.368 e. The molecule has 0 aromatic heterocycles. The Balaban J connectivity index is 3.21. The molecular weight excluding hydrogens is 198 g/mol. The molecule has 0 heterocycles. The standard InChI is InChI=1S/C5H9Cl3O2/c1-4(9)10-3-2-5(6,7)8/h4,9H,2-3H2,1H3. The van der Waals surface area contributed by atoms with Crippen molar-refractivity contribution < 1.29 is 9.84 Å². The van der Waals surface area contributed by atoms with Crippen molar-refractivity contribution in [3.63, 3.8) is 0 Å². The second-order valence-electron chi connectivity index (χ2n) is 1.84. The second-order valence-corrected chi connectivity index (χ2v) is 4.35. The number of aliphatic hydroxyl groups excluding tert-OH is 1. The molecule has 0 bridgehead atoms. The van der Waals surface area contributed by atoms with Crippen LogP contribution in [-0.2, 0) is 4.74 Å². The van der Waals surface area contributed by atoms with Crippen LogP contribution in [0.25, 0.3) is 0 Å². The van der Waals surface area contributed by atoms with Crippen molar-refractivity contribution in [1.82, 2.24) is 0 Å². The van der Waals surface area contributed by atoms with E-state index in [4.69, 9.17) is 44.6 Å². The third kappa shape index (κ3) is 8.79. The molecule has 5 heteroatoms. The number of hydrogen-bond donors (Lipinski definition) is 1. The van der Waals surface area contributed by atoms with E-state index in [0.29, 0.717) is 0 Å². The molecule has 0 aliphatic heterocycles. The maximum atomic E-state index is 8.60. The van der Waals surface area contributed by atoms with Crippen molar-refractivity contribution in [3.8, 4) is 0 Å². The Morgan fingerprint density at radius 1 is 1.50 bits per heavy atom. The normalized spacial score (nSPS) is 15.3. The van der Waals surface area contributed by atoms with Crippen molar-refractivity contribution in [2.45, 2.75) is 23.4 Å². The Morgan fingerprint density at radius 3 is 2.30 bits per heavy atom. The van der Waals surface area contributed by atoms with Crippen LogP contribution in [0, 0.1) is 0 Å². The molecule has 0 spiro atoms. The highest BCUT2D eigenvalue weighted by Gasteiger charge is 2.18. The lowest BCUT2D eigenvalue weighted by atomic mass is 10.5. The average molecular weight is 207 g/mol. The first-order valence-electron chi connectivity index (χ1n) is 2.78. The molecule has 0 amide bonds. The van der Waals surface area contributed by atoms with Gasteiger partial charge in [-0.2, -0.15) is 0 Å². The Kier molecular flexibility index (Phi) is 4.99. The maximum Gasteiger partial charge on any atom is 0.192 e. The van der Waals surface area contributed by atoms with E-state index < -0.39 is 10.1 Å². The minimum absolute atomic E-state index is 0.244. The molecule has 0 saturated heterocycles. The molecule has 1 unspecified atom stereocenters. The predicted octanol–water partition coefficient (Wildman–Crippen LogP) is 2.10. The molecule has 0 radical (unpaired) electrons. The van der Waals surface area contributed by atoms with Crippen LogP contribution in [0.1, 0.15) is 13.3 Å². The Hall–Kier alpha value is 0.790. The van der Waals surface area contributed by atoms with Gasteiger partial charge in [-0.1, -0.05) is 34.8 Å². The number of aliphatic hydroxyl groups is 1. The number of halogens is 3. The maximum absolute atomic E-state index is 8.60. The van der Waals surface area contributed by atoms with Gasteiger partial charge in [0.05, 0.1) is 6.61 Å². The lowest BCUT2D eigenvalue weighted by molar-refractivity contribution is -0.0853. The van der Waals surface area contributed by atoms with E-state index in [2.05, 4.69) is 0 Å². The number of alkyl halides is 3. The first-order valence-corrected chi connectivity index (χ1v) is 3.91. The summed E-state index contributed by atoms with van der Waals surface area (Å²) in [4.78, 5) is 0. The Labute approximate surface area is 75.0 Å². The highest BCUT2D eigenvalue weighted by Crippen LogP contribution is 2.29. The van der Waals surface area contributed by atoms with Crippen LogP contribution in [0.4, 0.5) is 0 Å². The van der Waals surface area contributed by atoms with Gasteiger partial charge in [-0.15, -0.1) is 0 Å². The first-order chi connectivity index (χ1) is 4.42. The fraction of sp³-hybridized carbons (Fsp3) is 1.00. The van der Waals surface area contributed by atoms with E-state index in [9.17, 15) is 0 Å². The topological polar surface area (TPSA) is 29.5 Å². The highest BCUT2D eigenvalue weighted by atomic mass is 35.6. The van der Waals surface area contributed by atoms with Gasteiger partial charge in [-0.05, 0) is 6.92 Å². The summed E-state index contributed by atoms with van der Waals surface area (Å²) in [7, 11) is 0. The van der Waals surface area contributed by atoms with E-state index in [1.165, 1.54) is 6.92 Å². The van der Waals surface area contributed by atoms with Crippen molar-refractivity contribution >= 4 is 34.8 Å². The summed E-state index contributed by atoms with van der Waals surface area (Å²) in [6.07, 6.45) is -0.518. The van der Waals surface area contributed by atoms with Crippen LogP contribution in [-0.4, -0.2) is 21.8 Å². The summed E-state index contributed by atoms with van der Waals surface area (Å²) < 4.78 is 3.44. The van der Waals surface area contributed by atoms with Crippen molar-refractivity contribution in [2.24, 2.45) is 0 Å². The molecular formula is C5H9Cl3O2. The van der Waals surface area contributed by atoms with Gasteiger partial charge in [0.15, 0.2) is 10.1 Å². The van der Waals surface area contributed by atoms with Gasteiger partial charge in [-0.3, -0.25) is 0 Å². The molecule has 0 aliphatic rings. The van der Waals surface area contributed by atoms with E-state index in [1.54, 1.807) is 0 Å². The van der Waals surface area contributed by atoms with Crippen LogP contribution < -0.4 is 0 Å². The summed E-state index contributed by atoms with van der Waals surface area (Å²) in [5.41, 5.74) is 0. The minimum atomic E-state index is -1.28. The minimum Gasteiger partial charge on any atom is -0.368 e. The van der Waals surface area contributed by atoms with Gasteiger partial charge in [0, 0.05) is 6.42 Å². The summed E-state index contributed by atoms with van der Waals surface area (Å²) in [5, 5.41) is 8.60. The zero-order chi connectivity index (χ0) is 8.20. The van der Waals surface area contributed by atoms with Crippen molar-refractivity contribution in [3.05, 3.63) is 0 Å². The quantitative estimate of drug-likeness (QED) is 0.567. The molecule has 62 valence electrons.